The van der Waals surface area contributed by atoms with Crippen LogP contribution in [0.3, 0.4) is 0 Å². The predicted octanol–water partition coefficient (Wildman–Crippen LogP) is -0.674. The second-order valence-corrected chi connectivity index (χ2v) is 4.35. The first-order valence-electron chi connectivity index (χ1n) is 6.61. The van der Waals surface area contributed by atoms with Crippen LogP contribution in [-0.2, 0) is 14.4 Å². The zero-order valence-electron chi connectivity index (χ0n) is 12.0. The van der Waals surface area contributed by atoms with Crippen LogP contribution in [0.25, 0.3) is 0 Å². The number of nitrogens with one attached hydrogen (secondary N) is 3. The van der Waals surface area contributed by atoms with E-state index in [1.807, 2.05) is 0 Å². The van der Waals surface area contributed by atoms with Crippen molar-refractivity contribution in [2.45, 2.75) is 26.2 Å². The smallest absolute Gasteiger partial charge is 0.269 e. The summed E-state index contributed by atoms with van der Waals surface area (Å²) in [6.45, 7) is 1.72. The summed E-state index contributed by atoms with van der Waals surface area (Å²) in [6, 6.07) is 6.07. The third-order valence-electron chi connectivity index (χ3n) is 2.62. The van der Waals surface area contributed by atoms with Gasteiger partial charge in [0, 0.05) is 30.1 Å². The Morgan fingerprint density at radius 2 is 1.59 bits per heavy atom. The highest BCUT2D eigenvalue weighted by molar-refractivity contribution is 5.96. The lowest BCUT2D eigenvalue weighted by Crippen LogP contribution is -2.42. The molecule has 0 radical (unpaired) electrons. The summed E-state index contributed by atoms with van der Waals surface area (Å²) >= 11 is 0. The summed E-state index contributed by atoms with van der Waals surface area (Å²) in [5, 5.41) is 12.8. The Morgan fingerprint density at radius 1 is 0.955 bits per heavy atom. The number of carbonyl (C=O) groups is 4. The lowest BCUT2D eigenvalue weighted by molar-refractivity contribution is -0.305. The molecule has 0 heterocycles. The molecule has 1 rings (SSSR count). The molecule has 0 unspecified atom stereocenters. The quantitative estimate of drug-likeness (QED) is 0.600. The number of anilines is 1. The summed E-state index contributed by atoms with van der Waals surface area (Å²) in [5.74, 6) is -2.68. The molecule has 8 heteroatoms. The first kappa shape index (κ1) is 17.2. The zero-order chi connectivity index (χ0) is 16.5. The number of hydrazine groups is 1. The number of aliphatic carboxylic acids is 1. The number of amides is 3. The lowest BCUT2D eigenvalue weighted by Gasteiger charge is -2.08. The molecule has 8 nitrogen and oxygen atoms in total. The predicted molar refractivity (Wildman–Crippen MR) is 75.2 cm³/mol. The Hall–Kier alpha value is -2.90. The minimum absolute atomic E-state index is 0.141. The third-order valence-corrected chi connectivity index (χ3v) is 2.62. The minimum atomic E-state index is -1.34. The molecule has 0 aliphatic carbocycles. The second kappa shape index (κ2) is 8.40. The van der Waals surface area contributed by atoms with E-state index in [9.17, 15) is 24.3 Å². The number of rotatable bonds is 6. The van der Waals surface area contributed by atoms with Crippen LogP contribution >= 0.6 is 0 Å². The summed E-state index contributed by atoms with van der Waals surface area (Å²) in [6.07, 6.45) is -0.363. The van der Waals surface area contributed by atoms with Crippen molar-refractivity contribution in [2.24, 2.45) is 0 Å². The van der Waals surface area contributed by atoms with Gasteiger partial charge in [-0.3, -0.25) is 25.2 Å². The molecule has 1 aromatic carbocycles. The first-order chi connectivity index (χ1) is 10.4. The number of hydrogen-bond acceptors (Lipinski definition) is 5. The van der Waals surface area contributed by atoms with E-state index in [-0.39, 0.29) is 17.9 Å². The van der Waals surface area contributed by atoms with E-state index in [1.54, 1.807) is 19.1 Å². The van der Waals surface area contributed by atoms with Crippen LogP contribution < -0.4 is 21.3 Å². The largest absolute Gasteiger partial charge is 0.550 e. The van der Waals surface area contributed by atoms with Gasteiger partial charge in [0.25, 0.3) is 5.91 Å². The van der Waals surface area contributed by atoms with Crippen molar-refractivity contribution in [3.8, 4) is 0 Å². The molecular weight excluding hydrogens is 290 g/mol. The normalized spacial score (nSPS) is 9.68. The fraction of sp³-hybridized carbons (Fsp3) is 0.286. The van der Waals surface area contributed by atoms with Crippen LogP contribution in [0.1, 0.15) is 36.5 Å². The molecule has 0 bridgehead atoms. The maximum absolute atomic E-state index is 11.7. The molecule has 0 saturated carbocycles. The van der Waals surface area contributed by atoms with Crippen molar-refractivity contribution in [1.82, 2.24) is 10.9 Å². The van der Waals surface area contributed by atoms with Gasteiger partial charge in [-0.25, -0.2) is 0 Å². The topological polar surface area (TPSA) is 127 Å². The molecule has 22 heavy (non-hydrogen) atoms. The third kappa shape index (κ3) is 6.04. The van der Waals surface area contributed by atoms with E-state index >= 15 is 0 Å². The molecule has 0 aliphatic heterocycles. The molecule has 3 N–H and O–H groups in total. The average molecular weight is 306 g/mol. The monoisotopic (exact) mass is 306 g/mol. The van der Waals surface area contributed by atoms with E-state index in [4.69, 9.17) is 0 Å². The molecule has 3 amide bonds. The molecule has 0 aliphatic rings. The van der Waals surface area contributed by atoms with Gasteiger partial charge in [-0.2, -0.15) is 0 Å². The SMILES string of the molecule is CCC(=O)Nc1ccc(C(=O)NNC(=O)CCC(=O)[O-])cc1. The van der Waals surface area contributed by atoms with Crippen LogP contribution in [0.15, 0.2) is 24.3 Å². The summed E-state index contributed by atoms with van der Waals surface area (Å²) in [4.78, 5) is 44.4. The zero-order valence-corrected chi connectivity index (χ0v) is 12.0. The highest BCUT2D eigenvalue weighted by Gasteiger charge is 2.08. The van der Waals surface area contributed by atoms with Crippen molar-refractivity contribution in [3.63, 3.8) is 0 Å². The maximum atomic E-state index is 11.7. The van der Waals surface area contributed by atoms with E-state index < -0.39 is 24.2 Å². The van der Waals surface area contributed by atoms with Crippen LogP contribution in [0, 0.1) is 0 Å². The van der Waals surface area contributed by atoms with Gasteiger partial charge in [0.2, 0.25) is 11.8 Å². The van der Waals surface area contributed by atoms with Gasteiger partial charge in [-0.1, -0.05) is 6.92 Å². The van der Waals surface area contributed by atoms with Crippen molar-refractivity contribution in [2.75, 3.05) is 5.32 Å². The van der Waals surface area contributed by atoms with Gasteiger partial charge in [-0.05, 0) is 30.7 Å². The van der Waals surface area contributed by atoms with Crippen LogP contribution in [-0.4, -0.2) is 23.7 Å². The molecule has 0 saturated heterocycles. The Morgan fingerprint density at radius 3 is 2.14 bits per heavy atom. The first-order valence-corrected chi connectivity index (χ1v) is 6.61. The summed E-state index contributed by atoms with van der Waals surface area (Å²) in [7, 11) is 0. The van der Waals surface area contributed by atoms with Gasteiger partial charge >= 0.3 is 0 Å². The number of carboxylic acid groups (broad SMARTS) is 1. The number of hydrogen-bond donors (Lipinski definition) is 3. The Balaban J connectivity index is 2.47. The molecule has 0 fully saturated rings. The Kier molecular flexibility index (Phi) is 6.55. The van der Waals surface area contributed by atoms with E-state index in [2.05, 4.69) is 16.2 Å². The van der Waals surface area contributed by atoms with Crippen molar-refractivity contribution in [3.05, 3.63) is 29.8 Å². The van der Waals surface area contributed by atoms with Crippen LogP contribution in [0.2, 0.25) is 0 Å². The molecule has 0 aromatic heterocycles. The van der Waals surface area contributed by atoms with Crippen molar-refractivity contribution in [1.29, 1.82) is 0 Å². The Labute approximate surface area is 126 Å². The summed E-state index contributed by atoms with van der Waals surface area (Å²) < 4.78 is 0. The summed E-state index contributed by atoms with van der Waals surface area (Å²) in [5.41, 5.74) is 5.08. The number of carboxylic acids is 1. The van der Waals surface area contributed by atoms with Gasteiger partial charge < -0.3 is 15.2 Å². The lowest BCUT2D eigenvalue weighted by atomic mass is 10.2. The average Bonchev–Trinajstić information content (AvgIpc) is 2.51. The number of benzene rings is 1. The van der Waals surface area contributed by atoms with Gasteiger partial charge in [0.1, 0.15) is 0 Å². The van der Waals surface area contributed by atoms with Gasteiger partial charge in [0.15, 0.2) is 0 Å². The maximum Gasteiger partial charge on any atom is 0.269 e. The second-order valence-electron chi connectivity index (χ2n) is 4.35. The minimum Gasteiger partial charge on any atom is -0.550 e. The molecule has 0 atom stereocenters. The molecular formula is C14H16N3O5-. The fourth-order valence-corrected chi connectivity index (χ4v) is 1.43. The highest BCUT2D eigenvalue weighted by Crippen LogP contribution is 2.09. The standard InChI is InChI=1S/C14H17N3O5/c1-2-11(18)15-10-5-3-9(4-6-10)14(22)17-16-12(19)7-8-13(20)21/h3-6H,2,7-8H2,1H3,(H,15,18)(H,16,19)(H,17,22)(H,20,21)/p-1. The van der Waals surface area contributed by atoms with E-state index in [1.165, 1.54) is 12.1 Å². The van der Waals surface area contributed by atoms with E-state index in [0.717, 1.165) is 0 Å². The van der Waals surface area contributed by atoms with Crippen molar-refractivity contribution >= 4 is 29.4 Å². The highest BCUT2D eigenvalue weighted by atomic mass is 16.4. The molecule has 1 aromatic rings. The molecule has 118 valence electrons. The Bertz CT molecular complexity index is 568. The fourth-order valence-electron chi connectivity index (χ4n) is 1.43. The van der Waals surface area contributed by atoms with Gasteiger partial charge in [-0.15, -0.1) is 0 Å². The van der Waals surface area contributed by atoms with Crippen molar-refractivity contribution < 1.29 is 24.3 Å². The van der Waals surface area contributed by atoms with E-state index in [0.29, 0.717) is 12.1 Å². The van der Waals surface area contributed by atoms with Crippen LogP contribution in [0.4, 0.5) is 5.69 Å². The number of carbonyl (C=O) groups excluding carboxylic acids is 4. The molecule has 0 spiro atoms. The van der Waals surface area contributed by atoms with Gasteiger partial charge in [0.05, 0.1) is 0 Å². The van der Waals surface area contributed by atoms with Crippen LogP contribution in [0.5, 0.6) is 0 Å².